The van der Waals surface area contributed by atoms with Crippen molar-refractivity contribution >= 4 is 50.0 Å². The normalized spacial score (nSPS) is 9.00. The van der Waals surface area contributed by atoms with Gasteiger partial charge < -0.3 is 0 Å². The van der Waals surface area contributed by atoms with Crippen molar-refractivity contribution in [2.45, 2.75) is 0 Å². The van der Waals surface area contributed by atoms with E-state index in [1.54, 1.807) is 0 Å². The first kappa shape index (κ1) is 6.11. The monoisotopic (exact) mass is 317 g/mol. The third kappa shape index (κ3) is 8.93. The zero-order chi connectivity index (χ0) is 3.58. The van der Waals surface area contributed by atoms with Gasteiger partial charge in [0.2, 0.25) is 0 Å². The Labute approximate surface area is 49.2 Å². The van der Waals surface area contributed by atoms with Crippen molar-refractivity contribution in [2.75, 3.05) is 0 Å². The van der Waals surface area contributed by atoms with Gasteiger partial charge in [-0.1, -0.05) is 0 Å². The number of rotatable bonds is 0. The molecule has 0 unspecified atom stereocenters. The molecule has 0 aliphatic heterocycles. The second-order valence-corrected chi connectivity index (χ2v) is 23.6. The summed E-state index contributed by atoms with van der Waals surface area (Å²) in [6, 6.07) is 0. The van der Waals surface area contributed by atoms with Gasteiger partial charge in [0.1, 0.15) is 0 Å². The minimum absolute atomic E-state index is 1.63. The van der Waals surface area contributed by atoms with Crippen LogP contribution in [0.3, 0.4) is 0 Å². The predicted octanol–water partition coefficient (Wildman–Crippen LogP) is 1.88. The van der Waals surface area contributed by atoms with E-state index in [0.717, 1.165) is 0 Å². The van der Waals surface area contributed by atoms with Crippen molar-refractivity contribution in [3.8, 4) is 0 Å². The average molecular weight is 317 g/mol. The fourth-order valence-electron chi connectivity index (χ4n) is 0. The van der Waals surface area contributed by atoms with Gasteiger partial charge in [0, 0.05) is 0 Å². The Morgan fingerprint density at radius 1 is 1.50 bits per heavy atom. The molecule has 0 fully saturated rings. The van der Waals surface area contributed by atoms with E-state index in [9.17, 15) is 0 Å². The molecule has 0 nitrogen and oxygen atoms in total. The topological polar surface area (TPSA) is 0 Å². The molecule has 0 aromatic heterocycles. The van der Waals surface area contributed by atoms with Gasteiger partial charge in [-0.05, 0) is 0 Å². The van der Waals surface area contributed by atoms with Crippen LogP contribution < -0.4 is 0 Å². The van der Waals surface area contributed by atoms with Crippen LogP contribution in [0.15, 0.2) is 0 Å². The van der Waals surface area contributed by atoms with Crippen LogP contribution in [0, 0.1) is 0 Å². The fourth-order valence-corrected chi connectivity index (χ4v) is 0. The Kier molecular flexibility index (Phi) is 5.05. The summed E-state index contributed by atoms with van der Waals surface area (Å²) in [4.78, 5) is 0. The van der Waals surface area contributed by atoms with E-state index in [0.29, 0.717) is 0 Å². The molecule has 0 saturated heterocycles. The molecule has 0 aliphatic rings. The molecule has 25 valence electrons. The third-order valence-electron chi connectivity index (χ3n) is 0. The van der Waals surface area contributed by atoms with E-state index in [1.807, 2.05) is 0 Å². The van der Waals surface area contributed by atoms with Gasteiger partial charge in [0.15, 0.2) is 0 Å². The molecule has 0 atom stereocenters. The van der Waals surface area contributed by atoms with E-state index in [2.05, 4.69) is 18.6 Å². The summed E-state index contributed by atoms with van der Waals surface area (Å²) >= 11 is 0.442. The van der Waals surface area contributed by atoms with Crippen LogP contribution in [0.2, 0.25) is 0 Å². The van der Waals surface area contributed by atoms with Gasteiger partial charge in [-0.15, -0.1) is 0 Å². The predicted molar refractivity (Wildman–Crippen MR) is 31.5 cm³/mol. The molecule has 0 saturated carbocycles. The van der Waals surface area contributed by atoms with Gasteiger partial charge in [-0.2, -0.15) is 0 Å². The Bertz CT molecular complexity index is 10.8. The van der Waals surface area contributed by atoms with Crippen LogP contribution in [-0.2, 0) is 0 Å². The zero-order valence-corrected chi connectivity index (χ0v) is 8.16. The van der Waals surface area contributed by atoms with Crippen molar-refractivity contribution in [1.82, 2.24) is 0 Å². The summed E-state index contributed by atoms with van der Waals surface area (Å²) in [5.74, 6) is 0. The van der Waals surface area contributed by atoms with E-state index in [1.165, 1.54) is 0 Å². The molecular weight excluding hydrogens is 317 g/mol. The van der Waals surface area contributed by atoms with Crippen LogP contribution in [0.1, 0.15) is 0 Å². The molecule has 0 bridgehead atoms. The Morgan fingerprint density at radius 2 is 1.50 bits per heavy atom. The first-order chi connectivity index (χ1) is 1.73. The maximum atomic E-state index is 5.22. The van der Waals surface area contributed by atoms with E-state index >= 15 is 0 Å². The van der Waals surface area contributed by atoms with Crippen LogP contribution in [0.4, 0.5) is 0 Å². The van der Waals surface area contributed by atoms with E-state index in [-0.39, 0.29) is 0 Å². The molecule has 0 aromatic rings. The number of halogens is 3. The van der Waals surface area contributed by atoms with Crippen molar-refractivity contribution < 1.29 is 0 Å². The molecule has 0 heterocycles. The standard InChI is InChI=1S/2ClH.HI.Sn/h3*1H;/q;;;+3/p-3. The number of hydrogen-bond acceptors (Lipinski definition) is 0. The van der Waals surface area contributed by atoms with Crippen LogP contribution in [0.25, 0.3) is 0 Å². The summed E-state index contributed by atoms with van der Waals surface area (Å²) in [5, 5.41) is 0. The molecule has 4 heavy (non-hydrogen) atoms. The second kappa shape index (κ2) is 3.30. The molecule has 1 radical (unpaired) electrons. The molecular formula is Cl2ISn. The molecule has 0 rings (SSSR count). The van der Waals surface area contributed by atoms with Gasteiger partial charge in [0.05, 0.1) is 0 Å². The van der Waals surface area contributed by atoms with Crippen molar-refractivity contribution in [3.63, 3.8) is 0 Å². The minimum atomic E-state index is -1.63. The first-order valence-corrected chi connectivity index (χ1v) is 16.1. The van der Waals surface area contributed by atoms with Crippen LogP contribution in [-0.4, -0.2) is 13.5 Å². The molecule has 0 spiro atoms. The van der Waals surface area contributed by atoms with E-state index in [4.69, 9.17) is 17.8 Å². The van der Waals surface area contributed by atoms with Gasteiger partial charge in [-0.3, -0.25) is 0 Å². The Balaban J connectivity index is 2.32. The zero-order valence-electron chi connectivity index (χ0n) is 1.63. The Hall–Kier alpha value is 2.11. The quantitative estimate of drug-likeness (QED) is 0.473. The SMILES string of the molecule is [Cl][Sn]([Cl])[I]. The average Bonchev–Trinajstić information content (AvgIpc) is 0.811. The van der Waals surface area contributed by atoms with E-state index < -0.39 is 13.5 Å². The summed E-state index contributed by atoms with van der Waals surface area (Å²) in [6.45, 7) is 0. The first-order valence-electron chi connectivity index (χ1n) is 0.567. The maximum absolute atomic E-state index is 5.22. The molecule has 0 amide bonds. The van der Waals surface area contributed by atoms with Crippen molar-refractivity contribution in [3.05, 3.63) is 0 Å². The Morgan fingerprint density at radius 3 is 1.50 bits per heavy atom. The third-order valence-corrected chi connectivity index (χ3v) is 0. The molecule has 0 aromatic carbocycles. The van der Waals surface area contributed by atoms with Crippen LogP contribution >= 0.6 is 36.5 Å². The van der Waals surface area contributed by atoms with Gasteiger partial charge >= 0.3 is 50.0 Å². The summed E-state index contributed by atoms with van der Waals surface area (Å²) in [5.41, 5.74) is 0. The summed E-state index contributed by atoms with van der Waals surface area (Å²) in [7, 11) is 10.4. The molecule has 4 heteroatoms. The molecule has 0 aliphatic carbocycles. The summed E-state index contributed by atoms with van der Waals surface area (Å²) < 4.78 is 0. The van der Waals surface area contributed by atoms with Crippen molar-refractivity contribution in [1.29, 1.82) is 0 Å². The fraction of sp³-hybridized carbons (Fsp3) is 0. The van der Waals surface area contributed by atoms with Crippen molar-refractivity contribution in [2.24, 2.45) is 0 Å². The molecule has 0 N–H and O–H groups in total. The second-order valence-electron chi connectivity index (χ2n) is 0.214. The van der Waals surface area contributed by atoms with Crippen LogP contribution in [0.5, 0.6) is 0 Å². The van der Waals surface area contributed by atoms with Gasteiger partial charge in [0.25, 0.3) is 0 Å². The van der Waals surface area contributed by atoms with Gasteiger partial charge in [-0.25, -0.2) is 0 Å². The summed E-state index contributed by atoms with van der Waals surface area (Å²) in [6.07, 6.45) is 0. The number of hydrogen-bond donors (Lipinski definition) is 0.